The summed E-state index contributed by atoms with van der Waals surface area (Å²) < 4.78 is 12.9. The van der Waals surface area contributed by atoms with Gasteiger partial charge in [-0.05, 0) is 56.7 Å². The number of rotatable bonds is 18. The molecule has 0 radical (unpaired) electrons. The Labute approximate surface area is 299 Å². The number of hydrogen-bond acceptors (Lipinski definition) is 7. The number of para-hydroxylation sites is 1. The zero-order valence-corrected chi connectivity index (χ0v) is 29.4. The Balaban J connectivity index is 1.46. The van der Waals surface area contributed by atoms with E-state index in [9.17, 15) is 24.3 Å². The summed E-state index contributed by atoms with van der Waals surface area (Å²) in [5.74, 6) is -3.31. The van der Waals surface area contributed by atoms with Crippen molar-refractivity contribution >= 4 is 41.0 Å². The van der Waals surface area contributed by atoms with Gasteiger partial charge in [-0.3, -0.25) is 19.2 Å². The molecule has 0 saturated carbocycles. The molecule has 1 spiro atoms. The van der Waals surface area contributed by atoms with E-state index in [4.69, 9.17) is 21.1 Å². The van der Waals surface area contributed by atoms with Crippen molar-refractivity contribution in [2.75, 3.05) is 24.6 Å². The van der Waals surface area contributed by atoms with Gasteiger partial charge >= 0.3 is 5.97 Å². The van der Waals surface area contributed by atoms with E-state index >= 15 is 0 Å². The van der Waals surface area contributed by atoms with E-state index in [0.29, 0.717) is 54.9 Å². The first-order valence-electron chi connectivity index (χ1n) is 17.6. The number of carbonyl (C=O) groups is 4. The second-order valence-electron chi connectivity index (χ2n) is 13.4. The van der Waals surface area contributed by atoms with Gasteiger partial charge in [0.15, 0.2) is 0 Å². The molecule has 2 bridgehead atoms. The van der Waals surface area contributed by atoms with Crippen LogP contribution < -0.4 is 10.2 Å². The minimum absolute atomic E-state index is 0.0867. The van der Waals surface area contributed by atoms with Crippen molar-refractivity contribution in [1.82, 2.24) is 10.2 Å². The summed E-state index contributed by atoms with van der Waals surface area (Å²) in [5.41, 5.74) is -0.0417. The highest BCUT2D eigenvalue weighted by Gasteiger charge is 2.75. The molecule has 3 heterocycles. The summed E-state index contributed by atoms with van der Waals surface area (Å²) in [6, 6.07) is 14.7. The number of unbranched alkanes of at least 4 members (excludes halogenated alkanes) is 3. The number of benzene rings is 2. The number of aliphatic hydroxyl groups is 1. The molecular formula is C39H48ClN3O7. The highest BCUT2D eigenvalue weighted by Crippen LogP contribution is 2.59. The van der Waals surface area contributed by atoms with Gasteiger partial charge in [0.1, 0.15) is 17.7 Å². The van der Waals surface area contributed by atoms with Crippen molar-refractivity contribution in [2.24, 2.45) is 11.8 Å². The minimum Gasteiger partial charge on any atom is -0.455 e. The molecule has 7 atom stereocenters. The first kappa shape index (κ1) is 37.3. The Morgan fingerprint density at radius 1 is 1.10 bits per heavy atom. The van der Waals surface area contributed by atoms with Gasteiger partial charge in [0, 0.05) is 26.1 Å². The average Bonchev–Trinajstić information content (AvgIpc) is 3.76. The third-order valence-electron chi connectivity index (χ3n) is 10.1. The number of ether oxygens (including phenoxy) is 2. The lowest BCUT2D eigenvalue weighted by molar-refractivity contribution is -0.162. The number of fused-ring (bicyclic) bond motifs is 1. The molecular weight excluding hydrogens is 658 g/mol. The maximum absolute atomic E-state index is 14.8. The van der Waals surface area contributed by atoms with E-state index in [2.05, 4.69) is 18.5 Å². The average molecular weight is 706 g/mol. The van der Waals surface area contributed by atoms with Crippen LogP contribution in [-0.4, -0.2) is 77.2 Å². The van der Waals surface area contributed by atoms with Crippen molar-refractivity contribution in [1.29, 1.82) is 0 Å². The Kier molecular flexibility index (Phi) is 12.5. The molecule has 2 N–H and O–H groups in total. The van der Waals surface area contributed by atoms with Crippen molar-refractivity contribution < 1.29 is 33.8 Å². The Morgan fingerprint density at radius 3 is 2.52 bits per heavy atom. The van der Waals surface area contributed by atoms with Crippen LogP contribution in [0.3, 0.4) is 0 Å². The Morgan fingerprint density at radius 2 is 1.82 bits per heavy atom. The number of carbonyl (C=O) groups excluding carboxylic acids is 4. The zero-order valence-electron chi connectivity index (χ0n) is 28.7. The fourth-order valence-electron chi connectivity index (χ4n) is 7.88. The second-order valence-corrected chi connectivity index (χ2v) is 13.8. The molecule has 3 saturated heterocycles. The molecule has 3 amide bonds. The number of anilines is 1. The van der Waals surface area contributed by atoms with Gasteiger partial charge in [-0.1, -0.05) is 79.1 Å². The summed E-state index contributed by atoms with van der Waals surface area (Å²) in [7, 11) is 0. The SMILES string of the molecule is C=CCCC(=O)N[C@H](C)[C@@H](OC(=O)[C@@H]1[C@@H]2CC[C@]3(O2)[C@H](C(=O)N(CC=C)c2ccccc2Cl)N(CCCCCCO)C(=O)[C@@H]13)c1ccccc1. The lowest BCUT2D eigenvalue weighted by atomic mass is 9.70. The zero-order chi connectivity index (χ0) is 35.8. The fraction of sp³-hybridized carbons (Fsp3) is 0.487. The number of hydrogen-bond donors (Lipinski definition) is 2. The summed E-state index contributed by atoms with van der Waals surface area (Å²) >= 11 is 6.58. The molecule has 0 aromatic heterocycles. The molecule has 3 fully saturated rings. The van der Waals surface area contributed by atoms with Crippen LogP contribution in [0.4, 0.5) is 5.69 Å². The third-order valence-corrected chi connectivity index (χ3v) is 10.4. The predicted molar refractivity (Wildman–Crippen MR) is 191 cm³/mol. The van der Waals surface area contributed by atoms with E-state index < -0.39 is 47.7 Å². The van der Waals surface area contributed by atoms with Gasteiger partial charge < -0.3 is 29.7 Å². The number of amides is 3. The van der Waals surface area contributed by atoms with Crippen molar-refractivity contribution in [3.8, 4) is 0 Å². The summed E-state index contributed by atoms with van der Waals surface area (Å²) in [4.78, 5) is 59.4. The van der Waals surface area contributed by atoms with Crippen LogP contribution in [0.5, 0.6) is 0 Å². The minimum atomic E-state index is -1.24. The smallest absolute Gasteiger partial charge is 0.313 e. The highest BCUT2D eigenvalue weighted by molar-refractivity contribution is 6.34. The normalized spacial score (nSPS) is 24.7. The number of aliphatic hydroxyl groups excluding tert-OH is 1. The van der Waals surface area contributed by atoms with E-state index in [-0.39, 0.29) is 37.3 Å². The van der Waals surface area contributed by atoms with E-state index in [1.165, 1.54) is 4.90 Å². The molecule has 2 aromatic carbocycles. The maximum Gasteiger partial charge on any atom is 0.313 e. The highest BCUT2D eigenvalue weighted by atomic mass is 35.5. The number of esters is 1. The van der Waals surface area contributed by atoms with Gasteiger partial charge in [-0.2, -0.15) is 0 Å². The Hall–Kier alpha value is -3.99. The van der Waals surface area contributed by atoms with E-state index in [0.717, 1.165) is 12.8 Å². The van der Waals surface area contributed by atoms with Crippen LogP contribution >= 0.6 is 11.6 Å². The lowest BCUT2D eigenvalue weighted by Crippen LogP contribution is -2.56. The van der Waals surface area contributed by atoms with Crippen LogP contribution in [0.15, 0.2) is 79.9 Å². The summed E-state index contributed by atoms with van der Waals surface area (Å²) in [6.45, 7) is 9.86. The number of allylic oxidation sites excluding steroid dienone is 1. The Bertz CT molecular complexity index is 1550. The number of likely N-dealkylation sites (tertiary alicyclic amines) is 1. The maximum atomic E-state index is 14.8. The number of nitrogens with zero attached hydrogens (tertiary/aromatic N) is 2. The van der Waals surface area contributed by atoms with Crippen LogP contribution in [0.25, 0.3) is 0 Å². The molecule has 10 nitrogen and oxygen atoms in total. The topological polar surface area (TPSA) is 125 Å². The number of halogens is 1. The third kappa shape index (κ3) is 7.53. The molecule has 3 aliphatic rings. The van der Waals surface area contributed by atoms with Crippen LogP contribution in [0, 0.1) is 11.8 Å². The van der Waals surface area contributed by atoms with Crippen molar-refractivity contribution in [3.05, 3.63) is 90.5 Å². The van der Waals surface area contributed by atoms with Gasteiger partial charge in [-0.15, -0.1) is 13.2 Å². The van der Waals surface area contributed by atoms with Crippen molar-refractivity contribution in [2.45, 2.75) is 88.2 Å². The lowest BCUT2D eigenvalue weighted by Gasteiger charge is -2.37. The quantitative estimate of drug-likeness (QED) is 0.119. The second kappa shape index (κ2) is 16.8. The van der Waals surface area contributed by atoms with Gasteiger partial charge in [0.25, 0.3) is 5.91 Å². The molecule has 268 valence electrons. The molecule has 0 unspecified atom stereocenters. The van der Waals surface area contributed by atoms with Crippen LogP contribution in [-0.2, 0) is 28.7 Å². The molecule has 3 aliphatic heterocycles. The molecule has 11 heteroatoms. The molecule has 0 aliphatic carbocycles. The fourth-order valence-corrected chi connectivity index (χ4v) is 8.12. The standard InChI is InChI=1S/C39H48ClN3O7/c1-4-6-20-31(45)41-26(3)34(27-16-10-9-11-17-27)49-38(48)32-30-21-22-39(50-30)33(32)36(46)43(24-14-7-8-15-25-44)35(39)37(47)42(23-5-2)29-19-13-12-18-28(29)40/h4-5,9-13,16-19,26,30,32-35,44H,1-2,6-8,14-15,20-25H2,3H3,(H,41,45)/t26-,30+,32-,33-,34-,35+,39-/m1/s1. The van der Waals surface area contributed by atoms with Crippen LogP contribution in [0.2, 0.25) is 5.02 Å². The summed E-state index contributed by atoms with van der Waals surface area (Å²) in [6.07, 6.45) is 6.33. The van der Waals surface area contributed by atoms with E-state index in [1.54, 1.807) is 48.2 Å². The molecule has 50 heavy (non-hydrogen) atoms. The largest absolute Gasteiger partial charge is 0.455 e. The monoisotopic (exact) mass is 705 g/mol. The number of nitrogens with one attached hydrogen (secondary N) is 1. The van der Waals surface area contributed by atoms with E-state index in [1.807, 2.05) is 30.3 Å². The molecule has 5 rings (SSSR count). The summed E-state index contributed by atoms with van der Waals surface area (Å²) in [5, 5.41) is 12.6. The van der Waals surface area contributed by atoms with Crippen LogP contribution in [0.1, 0.15) is 70.0 Å². The first-order valence-corrected chi connectivity index (χ1v) is 18.0. The van der Waals surface area contributed by atoms with Gasteiger partial charge in [-0.25, -0.2) is 0 Å². The first-order chi connectivity index (χ1) is 24.2. The van der Waals surface area contributed by atoms with Crippen molar-refractivity contribution in [3.63, 3.8) is 0 Å². The predicted octanol–water partition coefficient (Wildman–Crippen LogP) is 5.54. The van der Waals surface area contributed by atoms with Gasteiger partial charge in [0.2, 0.25) is 11.8 Å². The van der Waals surface area contributed by atoms with Gasteiger partial charge in [0.05, 0.1) is 34.7 Å². The molecule has 2 aromatic rings.